The highest BCUT2D eigenvalue weighted by Gasteiger charge is 2.31. The molecule has 1 aliphatic rings. The number of methoxy groups -OCH3 is 1. The van der Waals surface area contributed by atoms with Crippen LogP contribution in [0, 0.1) is 0 Å². The van der Waals surface area contributed by atoms with E-state index in [0.29, 0.717) is 17.4 Å². The van der Waals surface area contributed by atoms with E-state index in [2.05, 4.69) is 29.9 Å². The van der Waals surface area contributed by atoms with E-state index >= 15 is 0 Å². The van der Waals surface area contributed by atoms with Gasteiger partial charge in [0.15, 0.2) is 17.0 Å². The maximum atomic E-state index is 10.2. The smallest absolute Gasteiger partial charge is 0.243 e. The molecule has 0 unspecified atom stereocenters. The number of nitrogens with zero attached hydrogens (tertiary/aromatic N) is 6. The molecule has 1 N–H and O–H groups in total. The van der Waals surface area contributed by atoms with Crippen molar-refractivity contribution in [3.8, 4) is 23.1 Å². The van der Waals surface area contributed by atoms with E-state index in [0.717, 1.165) is 18.5 Å². The van der Waals surface area contributed by atoms with Crippen LogP contribution in [0.25, 0.3) is 22.6 Å². The van der Waals surface area contributed by atoms with Gasteiger partial charge in [0.25, 0.3) is 0 Å². The quantitative estimate of drug-likeness (QED) is 0.778. The van der Waals surface area contributed by atoms with Crippen LogP contribution in [0.3, 0.4) is 0 Å². The van der Waals surface area contributed by atoms with Crippen LogP contribution in [0.2, 0.25) is 5.15 Å². The maximum Gasteiger partial charge on any atom is 0.243 e. The molecule has 0 bridgehead atoms. The second-order valence-electron chi connectivity index (χ2n) is 5.15. The predicted octanol–water partition coefficient (Wildman–Crippen LogP) is 2.12. The maximum absolute atomic E-state index is 10.2. The molecule has 116 valence electrons. The SMILES string of the molecule is COc1ncnc(C2CC2)c1-c1nc(O)c2nc(Cl)cnc2n1. The average Bonchev–Trinajstić information content (AvgIpc) is 3.39. The third-order valence-electron chi connectivity index (χ3n) is 3.58. The number of hydrogen-bond acceptors (Lipinski definition) is 8. The molecular weight excluding hydrogens is 320 g/mol. The average molecular weight is 331 g/mol. The first-order valence-corrected chi connectivity index (χ1v) is 7.33. The largest absolute Gasteiger partial charge is 0.492 e. The van der Waals surface area contributed by atoms with Crippen molar-refractivity contribution in [1.82, 2.24) is 29.9 Å². The number of aromatic nitrogens is 6. The zero-order valence-electron chi connectivity index (χ0n) is 12.1. The van der Waals surface area contributed by atoms with Crippen LogP contribution in [0.4, 0.5) is 0 Å². The van der Waals surface area contributed by atoms with E-state index in [1.54, 1.807) is 0 Å². The van der Waals surface area contributed by atoms with Gasteiger partial charge >= 0.3 is 0 Å². The molecule has 0 atom stereocenters. The molecule has 4 rings (SSSR count). The lowest BCUT2D eigenvalue weighted by Crippen LogP contribution is -2.03. The molecule has 23 heavy (non-hydrogen) atoms. The summed E-state index contributed by atoms with van der Waals surface area (Å²) in [6, 6.07) is 0. The Morgan fingerprint density at radius 2 is 2.00 bits per heavy atom. The van der Waals surface area contributed by atoms with E-state index in [9.17, 15) is 5.11 Å². The molecule has 1 aliphatic carbocycles. The van der Waals surface area contributed by atoms with Crippen LogP contribution in [-0.2, 0) is 0 Å². The van der Waals surface area contributed by atoms with Crippen molar-refractivity contribution < 1.29 is 9.84 Å². The zero-order valence-corrected chi connectivity index (χ0v) is 12.8. The monoisotopic (exact) mass is 330 g/mol. The lowest BCUT2D eigenvalue weighted by atomic mass is 10.1. The molecule has 0 amide bonds. The van der Waals surface area contributed by atoms with Gasteiger partial charge < -0.3 is 9.84 Å². The third-order valence-corrected chi connectivity index (χ3v) is 3.76. The summed E-state index contributed by atoms with van der Waals surface area (Å²) >= 11 is 5.79. The van der Waals surface area contributed by atoms with Crippen molar-refractivity contribution in [2.75, 3.05) is 7.11 Å². The van der Waals surface area contributed by atoms with Gasteiger partial charge in [-0.2, -0.15) is 4.98 Å². The van der Waals surface area contributed by atoms with Crippen molar-refractivity contribution in [3.05, 3.63) is 23.4 Å². The van der Waals surface area contributed by atoms with Gasteiger partial charge in [0.2, 0.25) is 11.8 Å². The number of rotatable bonds is 3. The Morgan fingerprint density at radius 3 is 2.74 bits per heavy atom. The van der Waals surface area contributed by atoms with Gasteiger partial charge in [-0.3, -0.25) is 0 Å². The van der Waals surface area contributed by atoms with Crippen molar-refractivity contribution in [2.24, 2.45) is 0 Å². The fourth-order valence-electron chi connectivity index (χ4n) is 2.40. The minimum absolute atomic E-state index is 0.144. The summed E-state index contributed by atoms with van der Waals surface area (Å²) in [6.07, 6.45) is 4.90. The van der Waals surface area contributed by atoms with E-state index < -0.39 is 0 Å². The van der Waals surface area contributed by atoms with Crippen molar-refractivity contribution >= 4 is 22.8 Å². The van der Waals surface area contributed by atoms with Gasteiger partial charge in [-0.15, -0.1) is 0 Å². The first-order valence-electron chi connectivity index (χ1n) is 6.96. The Kier molecular flexibility index (Phi) is 3.19. The molecule has 8 nitrogen and oxygen atoms in total. The Labute approximate surface area is 135 Å². The van der Waals surface area contributed by atoms with Crippen LogP contribution >= 0.6 is 11.6 Å². The van der Waals surface area contributed by atoms with Gasteiger partial charge in [0.05, 0.1) is 19.0 Å². The van der Waals surface area contributed by atoms with Crippen molar-refractivity contribution in [3.63, 3.8) is 0 Å². The first kappa shape index (κ1) is 14.0. The second-order valence-corrected chi connectivity index (χ2v) is 5.54. The Morgan fingerprint density at radius 1 is 1.17 bits per heavy atom. The van der Waals surface area contributed by atoms with Gasteiger partial charge in [0.1, 0.15) is 17.0 Å². The van der Waals surface area contributed by atoms with Crippen LogP contribution < -0.4 is 4.74 Å². The highest BCUT2D eigenvalue weighted by molar-refractivity contribution is 6.29. The van der Waals surface area contributed by atoms with Crippen LogP contribution in [0.1, 0.15) is 24.5 Å². The van der Waals surface area contributed by atoms with E-state index in [1.807, 2.05) is 0 Å². The van der Waals surface area contributed by atoms with Crippen molar-refractivity contribution in [1.29, 1.82) is 0 Å². The Bertz CT molecular complexity index is 915. The lowest BCUT2D eigenvalue weighted by Gasteiger charge is -2.11. The molecule has 3 heterocycles. The summed E-state index contributed by atoms with van der Waals surface area (Å²) < 4.78 is 5.32. The number of halogens is 1. The third kappa shape index (κ3) is 2.40. The molecule has 3 aromatic rings. The standard InChI is InChI=1S/C14H11ClN6O2/c1-23-14-8(9(6-2-3-6)17-5-18-14)11-20-12-10(13(22)21-11)19-7(15)4-16-12/h4-6H,2-3H2,1H3,(H,16,20,21,22). The van der Waals surface area contributed by atoms with Crippen LogP contribution in [0.15, 0.2) is 12.5 Å². The fourth-order valence-corrected chi connectivity index (χ4v) is 2.53. The summed E-state index contributed by atoms with van der Waals surface area (Å²) in [4.78, 5) is 25.0. The Hall–Kier alpha value is -2.61. The minimum Gasteiger partial charge on any atom is -0.492 e. The van der Waals surface area contributed by atoms with Gasteiger partial charge in [-0.25, -0.2) is 24.9 Å². The molecule has 1 fully saturated rings. The summed E-state index contributed by atoms with van der Waals surface area (Å²) in [5.74, 6) is 0.654. The first-order chi connectivity index (χ1) is 11.2. The van der Waals surface area contributed by atoms with Crippen LogP contribution in [0.5, 0.6) is 11.8 Å². The number of fused-ring (bicyclic) bond motifs is 1. The normalized spacial score (nSPS) is 14.2. The molecule has 9 heteroatoms. The van der Waals surface area contributed by atoms with E-state index in [-0.39, 0.29) is 28.0 Å². The molecule has 0 spiro atoms. The number of ether oxygens (including phenoxy) is 1. The number of aromatic hydroxyl groups is 1. The van der Waals surface area contributed by atoms with Gasteiger partial charge in [-0.05, 0) is 12.8 Å². The molecule has 0 aromatic carbocycles. The van der Waals surface area contributed by atoms with Gasteiger partial charge in [-0.1, -0.05) is 11.6 Å². The van der Waals surface area contributed by atoms with Gasteiger partial charge in [0, 0.05) is 5.92 Å². The summed E-state index contributed by atoms with van der Waals surface area (Å²) in [5, 5.41) is 10.3. The zero-order chi connectivity index (χ0) is 16.0. The molecular formula is C14H11ClN6O2. The molecule has 0 radical (unpaired) electrons. The minimum atomic E-state index is -0.298. The van der Waals surface area contributed by atoms with Crippen molar-refractivity contribution in [2.45, 2.75) is 18.8 Å². The fraction of sp³-hybridized carbons (Fsp3) is 0.286. The molecule has 0 saturated heterocycles. The second kappa shape index (κ2) is 5.24. The molecule has 0 aliphatic heterocycles. The van der Waals surface area contributed by atoms with Crippen LogP contribution in [-0.4, -0.2) is 42.1 Å². The Balaban J connectivity index is 1.97. The predicted molar refractivity (Wildman–Crippen MR) is 81.4 cm³/mol. The lowest BCUT2D eigenvalue weighted by molar-refractivity contribution is 0.397. The summed E-state index contributed by atoms with van der Waals surface area (Å²) in [5.41, 5.74) is 1.78. The summed E-state index contributed by atoms with van der Waals surface area (Å²) in [6.45, 7) is 0. The molecule has 1 saturated carbocycles. The topological polar surface area (TPSA) is 107 Å². The van der Waals surface area contributed by atoms with E-state index in [1.165, 1.54) is 19.6 Å². The highest BCUT2D eigenvalue weighted by atomic mass is 35.5. The highest BCUT2D eigenvalue weighted by Crippen LogP contribution is 2.45. The van der Waals surface area contributed by atoms with E-state index in [4.69, 9.17) is 16.3 Å². The molecule has 3 aromatic heterocycles. The number of hydrogen-bond donors (Lipinski definition) is 1. The summed E-state index contributed by atoms with van der Waals surface area (Å²) in [7, 11) is 1.52.